The molecule has 0 heterocycles. The van der Waals surface area contributed by atoms with E-state index < -0.39 is 11.9 Å². The van der Waals surface area contributed by atoms with Crippen molar-refractivity contribution in [2.24, 2.45) is 0 Å². The van der Waals surface area contributed by atoms with E-state index in [-0.39, 0.29) is 0 Å². The van der Waals surface area contributed by atoms with Crippen LogP contribution in [-0.2, 0) is 0 Å². The topological polar surface area (TPSA) is 23.9 Å². The first-order valence-electron chi connectivity index (χ1n) is 1.61. The van der Waals surface area contributed by atoms with Gasteiger partial charge >= 0.3 is 6.18 Å². The first-order valence-corrected chi connectivity index (χ1v) is 1.61. The van der Waals surface area contributed by atoms with E-state index in [0.717, 1.165) is 5.92 Å². The predicted molar refractivity (Wildman–Crippen MR) is 22.6 cm³/mol. The summed E-state index contributed by atoms with van der Waals surface area (Å²) in [6, 6.07) is 0. The zero-order valence-corrected chi connectivity index (χ0v) is 3.71. The molecule has 0 fully saturated rings. The molecule has 44 valence electrons. The highest BCUT2D eigenvalue weighted by molar-refractivity contribution is 6.01. The zero-order chi connectivity index (χ0) is 6.78. The Hall–Kier alpha value is -0.980. The van der Waals surface area contributed by atoms with Crippen LogP contribution >= 0.6 is 0 Å². The van der Waals surface area contributed by atoms with Crippen LogP contribution in [0.25, 0.3) is 0 Å². The van der Waals surface area contributed by atoms with Crippen molar-refractivity contribution >= 4 is 5.71 Å². The Labute approximate surface area is 44.0 Å². The molecular formula is C4H2F3N. The second-order valence-electron chi connectivity index (χ2n) is 1.02. The molecule has 0 unspecified atom stereocenters. The van der Waals surface area contributed by atoms with Gasteiger partial charge in [0.1, 0.15) is 0 Å². The Kier molecular flexibility index (Phi) is 1.64. The van der Waals surface area contributed by atoms with E-state index in [0.29, 0.717) is 0 Å². The van der Waals surface area contributed by atoms with Crippen LogP contribution in [0.3, 0.4) is 0 Å². The van der Waals surface area contributed by atoms with Crippen LogP contribution in [0.5, 0.6) is 0 Å². The van der Waals surface area contributed by atoms with E-state index in [2.05, 4.69) is 6.42 Å². The number of nitrogens with one attached hydrogen (secondary N) is 1. The van der Waals surface area contributed by atoms with Gasteiger partial charge in [0.05, 0.1) is 0 Å². The van der Waals surface area contributed by atoms with E-state index in [1.54, 1.807) is 0 Å². The molecule has 0 aliphatic carbocycles. The molecule has 8 heavy (non-hydrogen) atoms. The SMILES string of the molecule is C#CC(=N)C(F)(F)F. The fraction of sp³-hybridized carbons (Fsp3) is 0.250. The molecular weight excluding hydrogens is 119 g/mol. The van der Waals surface area contributed by atoms with E-state index in [9.17, 15) is 13.2 Å². The van der Waals surface area contributed by atoms with E-state index in [1.165, 1.54) is 0 Å². The maximum atomic E-state index is 11.1. The largest absolute Gasteiger partial charge is 0.440 e. The molecule has 0 aromatic carbocycles. The molecule has 0 aromatic rings. The summed E-state index contributed by atoms with van der Waals surface area (Å²) in [4.78, 5) is 0. The summed E-state index contributed by atoms with van der Waals surface area (Å²) >= 11 is 0. The van der Waals surface area contributed by atoms with Crippen LogP contribution in [0.4, 0.5) is 13.2 Å². The normalized spacial score (nSPS) is 10.2. The summed E-state index contributed by atoms with van der Waals surface area (Å²) in [5, 5.41) is 6.03. The van der Waals surface area contributed by atoms with Crippen LogP contribution in [0, 0.1) is 17.8 Å². The van der Waals surface area contributed by atoms with Gasteiger partial charge < -0.3 is 0 Å². The Morgan fingerprint density at radius 2 is 1.88 bits per heavy atom. The van der Waals surface area contributed by atoms with Crippen molar-refractivity contribution in [3.05, 3.63) is 0 Å². The highest BCUT2D eigenvalue weighted by Gasteiger charge is 2.32. The summed E-state index contributed by atoms with van der Waals surface area (Å²) in [6.45, 7) is 0. The molecule has 1 N–H and O–H groups in total. The Balaban J connectivity index is 4.09. The molecule has 0 amide bonds. The lowest BCUT2D eigenvalue weighted by Crippen LogP contribution is -2.19. The molecule has 0 radical (unpaired) electrons. The highest BCUT2D eigenvalue weighted by Crippen LogP contribution is 2.14. The lowest BCUT2D eigenvalue weighted by Gasteiger charge is -1.98. The van der Waals surface area contributed by atoms with Gasteiger partial charge in [-0.3, -0.25) is 5.41 Å². The second-order valence-corrected chi connectivity index (χ2v) is 1.02. The number of alkyl halides is 3. The molecule has 0 aliphatic rings. The number of hydrogen-bond donors (Lipinski definition) is 1. The Morgan fingerprint density at radius 3 is 1.88 bits per heavy atom. The minimum Gasteiger partial charge on any atom is -0.288 e. The van der Waals surface area contributed by atoms with Crippen molar-refractivity contribution in [2.75, 3.05) is 0 Å². The standard InChI is InChI=1S/C4H2F3N/c1-2-3(8)4(5,6)7/h1,8H. The van der Waals surface area contributed by atoms with Crippen molar-refractivity contribution < 1.29 is 13.2 Å². The van der Waals surface area contributed by atoms with Gasteiger partial charge in [0.25, 0.3) is 0 Å². The van der Waals surface area contributed by atoms with Crippen molar-refractivity contribution in [1.82, 2.24) is 0 Å². The van der Waals surface area contributed by atoms with Gasteiger partial charge in [-0.2, -0.15) is 13.2 Å². The van der Waals surface area contributed by atoms with Crippen LogP contribution < -0.4 is 0 Å². The van der Waals surface area contributed by atoms with Gasteiger partial charge in [-0.25, -0.2) is 0 Å². The summed E-state index contributed by atoms with van der Waals surface area (Å²) in [5.74, 6) is 1.16. The number of halogens is 3. The summed E-state index contributed by atoms with van der Waals surface area (Å²) < 4.78 is 33.2. The van der Waals surface area contributed by atoms with Gasteiger partial charge in [-0.15, -0.1) is 6.42 Å². The maximum Gasteiger partial charge on any atom is 0.440 e. The molecule has 0 rings (SSSR count). The fourth-order valence-electron chi connectivity index (χ4n) is 0.0818. The third-order valence-corrected chi connectivity index (χ3v) is 0.428. The molecule has 0 spiro atoms. The molecule has 1 nitrogen and oxygen atoms in total. The summed E-state index contributed by atoms with van der Waals surface area (Å²) in [5.41, 5.74) is -1.64. The van der Waals surface area contributed by atoms with Crippen LogP contribution in [0.1, 0.15) is 0 Å². The van der Waals surface area contributed by atoms with Crippen molar-refractivity contribution in [1.29, 1.82) is 5.41 Å². The van der Waals surface area contributed by atoms with Crippen molar-refractivity contribution in [3.63, 3.8) is 0 Å². The molecule has 4 heteroatoms. The number of terminal acetylenes is 1. The van der Waals surface area contributed by atoms with E-state index in [1.807, 2.05) is 0 Å². The average molecular weight is 121 g/mol. The molecule has 0 aromatic heterocycles. The highest BCUT2D eigenvalue weighted by atomic mass is 19.4. The zero-order valence-electron chi connectivity index (χ0n) is 3.71. The average Bonchev–Trinajstić information content (AvgIpc) is 1.62. The summed E-state index contributed by atoms with van der Waals surface area (Å²) in [6.07, 6.45) is -0.380. The monoisotopic (exact) mass is 121 g/mol. The van der Waals surface area contributed by atoms with Gasteiger partial charge in [0, 0.05) is 0 Å². The molecule has 0 bridgehead atoms. The van der Waals surface area contributed by atoms with Gasteiger partial charge in [0.2, 0.25) is 0 Å². The smallest absolute Gasteiger partial charge is 0.288 e. The second kappa shape index (κ2) is 1.86. The fourth-order valence-corrected chi connectivity index (χ4v) is 0.0818. The Bertz CT molecular complexity index is 138. The summed E-state index contributed by atoms with van der Waals surface area (Å²) in [7, 11) is 0. The molecule has 0 atom stereocenters. The van der Waals surface area contributed by atoms with E-state index in [4.69, 9.17) is 5.41 Å². The molecule has 0 saturated carbocycles. The number of hydrogen-bond acceptors (Lipinski definition) is 1. The van der Waals surface area contributed by atoms with Crippen LogP contribution in [-0.4, -0.2) is 11.9 Å². The van der Waals surface area contributed by atoms with Crippen molar-refractivity contribution in [3.8, 4) is 12.3 Å². The van der Waals surface area contributed by atoms with Crippen LogP contribution in [0.15, 0.2) is 0 Å². The predicted octanol–water partition coefficient (Wildman–Crippen LogP) is 1.20. The van der Waals surface area contributed by atoms with Gasteiger partial charge in [0.15, 0.2) is 5.71 Å². The number of rotatable bonds is 0. The lowest BCUT2D eigenvalue weighted by molar-refractivity contribution is -0.0578. The molecule has 0 saturated heterocycles. The van der Waals surface area contributed by atoms with Crippen LogP contribution in [0.2, 0.25) is 0 Å². The molecule has 0 aliphatic heterocycles. The van der Waals surface area contributed by atoms with E-state index >= 15 is 0 Å². The maximum absolute atomic E-state index is 11.1. The first-order chi connectivity index (χ1) is 3.48. The first kappa shape index (κ1) is 7.02. The van der Waals surface area contributed by atoms with Crippen molar-refractivity contribution in [2.45, 2.75) is 6.18 Å². The quantitative estimate of drug-likeness (QED) is 0.368. The lowest BCUT2D eigenvalue weighted by atomic mass is 10.4. The van der Waals surface area contributed by atoms with Gasteiger partial charge in [-0.1, -0.05) is 0 Å². The third-order valence-electron chi connectivity index (χ3n) is 0.428. The minimum absolute atomic E-state index is 1.16. The third kappa shape index (κ3) is 1.65. The van der Waals surface area contributed by atoms with Gasteiger partial charge in [-0.05, 0) is 5.92 Å². The minimum atomic E-state index is -4.64. The Morgan fingerprint density at radius 1 is 1.50 bits per heavy atom.